The summed E-state index contributed by atoms with van der Waals surface area (Å²) in [6, 6.07) is 1.07. The Kier molecular flexibility index (Phi) is 6.33. The first-order valence-corrected chi connectivity index (χ1v) is 8.12. The van der Waals surface area contributed by atoms with Crippen LogP contribution in [-0.4, -0.2) is 51.5 Å². The molecule has 2 amide bonds. The van der Waals surface area contributed by atoms with Gasteiger partial charge in [0, 0.05) is 37.9 Å². The number of carbonyl (C=O) groups is 1. The second-order valence-electron chi connectivity index (χ2n) is 4.17. The summed E-state index contributed by atoms with van der Waals surface area (Å²) in [6.07, 6.45) is 1.42. The molecule has 11 heteroatoms. The molecule has 1 rings (SSSR count). The highest BCUT2D eigenvalue weighted by Gasteiger charge is 2.19. The number of urea groups is 1. The summed E-state index contributed by atoms with van der Waals surface area (Å²) in [6.45, 7) is 0.196. The van der Waals surface area contributed by atoms with E-state index in [1.807, 2.05) is 0 Å². The topological polar surface area (TPSA) is 129 Å². The van der Waals surface area contributed by atoms with Gasteiger partial charge in [0.25, 0.3) is 0 Å². The number of nitrogens with one attached hydrogen (secondary N) is 3. The quantitative estimate of drug-likeness (QED) is 0.304. The molecule has 0 aliphatic heterocycles. The van der Waals surface area contributed by atoms with Gasteiger partial charge in [0.2, 0.25) is 10.0 Å². The van der Waals surface area contributed by atoms with E-state index in [9.17, 15) is 13.2 Å². The first kappa shape index (κ1) is 17.6. The Morgan fingerprint density at radius 1 is 1.43 bits per heavy atom. The highest BCUT2D eigenvalue weighted by Crippen LogP contribution is 2.21. The van der Waals surface area contributed by atoms with Crippen molar-refractivity contribution < 1.29 is 13.2 Å². The molecule has 1 aromatic rings. The number of anilines is 1. The predicted molar refractivity (Wildman–Crippen MR) is 82.0 cm³/mol. The first-order valence-electron chi connectivity index (χ1n) is 5.85. The normalized spacial score (nSPS) is 11.0. The van der Waals surface area contributed by atoms with Crippen LogP contribution in [0.25, 0.3) is 0 Å². The Morgan fingerprint density at radius 2 is 2.10 bits per heavy atom. The third-order valence-electron chi connectivity index (χ3n) is 2.35. The Balaban J connectivity index is 2.70. The van der Waals surface area contributed by atoms with Gasteiger partial charge in [0.15, 0.2) is 5.82 Å². The Bertz CT molecular complexity index is 607. The lowest BCUT2D eigenvalue weighted by Crippen LogP contribution is -2.39. The van der Waals surface area contributed by atoms with E-state index >= 15 is 0 Å². The summed E-state index contributed by atoms with van der Waals surface area (Å²) in [5, 5.41) is 2.54. The van der Waals surface area contributed by atoms with E-state index < -0.39 is 10.0 Å². The monoisotopic (exact) mass is 380 g/mol. The largest absolute Gasteiger partial charge is 0.337 e. The Morgan fingerprint density at radius 3 is 2.67 bits per heavy atom. The number of aromatic nitrogens is 1. The van der Waals surface area contributed by atoms with Gasteiger partial charge in [0.05, 0.1) is 0 Å². The molecule has 5 N–H and O–H groups in total. The minimum atomic E-state index is -3.79. The van der Waals surface area contributed by atoms with E-state index in [1.54, 1.807) is 14.1 Å². The van der Waals surface area contributed by atoms with Crippen molar-refractivity contribution >= 4 is 37.8 Å². The maximum absolute atomic E-state index is 12.2. The number of hydrazine groups is 1. The van der Waals surface area contributed by atoms with Crippen LogP contribution in [0.5, 0.6) is 0 Å². The molecule has 0 aromatic carbocycles. The van der Waals surface area contributed by atoms with E-state index in [1.165, 1.54) is 17.2 Å². The van der Waals surface area contributed by atoms with E-state index in [-0.39, 0.29) is 29.8 Å². The van der Waals surface area contributed by atoms with Crippen LogP contribution in [0.15, 0.2) is 21.6 Å². The minimum absolute atomic E-state index is 0.0306. The van der Waals surface area contributed by atoms with E-state index in [4.69, 9.17) is 5.84 Å². The molecule has 1 aromatic heterocycles. The number of nitrogens with zero attached hydrogens (tertiary/aromatic N) is 2. The maximum Gasteiger partial charge on any atom is 0.316 e. The van der Waals surface area contributed by atoms with Crippen LogP contribution in [0.1, 0.15) is 0 Å². The van der Waals surface area contributed by atoms with E-state index in [2.05, 4.69) is 36.4 Å². The molecule has 0 aliphatic rings. The highest BCUT2D eigenvalue weighted by atomic mass is 79.9. The minimum Gasteiger partial charge on any atom is -0.337 e. The Hall–Kier alpha value is -1.43. The fraction of sp³-hybridized carbons (Fsp3) is 0.400. The number of sulfonamides is 1. The molecule has 0 bridgehead atoms. The zero-order chi connectivity index (χ0) is 16.0. The summed E-state index contributed by atoms with van der Waals surface area (Å²) >= 11 is 3.15. The van der Waals surface area contributed by atoms with Crippen LogP contribution in [0.4, 0.5) is 10.6 Å². The van der Waals surface area contributed by atoms with Crippen LogP contribution < -0.4 is 21.3 Å². The standard InChI is InChI=1S/C10H17BrN6O3S/c1-17(2)10(18)13-3-4-15-21(19,20)8-5-7(11)6-14-9(8)16-12/h5-6,15H,3-4,12H2,1-2H3,(H,13,18)(H,14,16). The average molecular weight is 381 g/mol. The molecule has 0 radical (unpaired) electrons. The third kappa shape index (κ3) is 5.12. The number of rotatable bonds is 6. The number of nitrogen functional groups attached to an aromatic ring is 1. The van der Waals surface area contributed by atoms with Gasteiger partial charge in [-0.2, -0.15) is 0 Å². The van der Waals surface area contributed by atoms with E-state index in [0.717, 1.165) is 0 Å². The van der Waals surface area contributed by atoms with Crippen molar-refractivity contribution in [1.82, 2.24) is 19.9 Å². The molecule has 21 heavy (non-hydrogen) atoms. The average Bonchev–Trinajstić information content (AvgIpc) is 2.43. The SMILES string of the molecule is CN(C)C(=O)NCCNS(=O)(=O)c1cc(Br)cnc1NN. The van der Waals surface area contributed by atoms with Gasteiger partial charge in [-0.3, -0.25) is 0 Å². The van der Waals surface area contributed by atoms with Gasteiger partial charge in [-0.05, 0) is 22.0 Å². The van der Waals surface area contributed by atoms with Crippen molar-refractivity contribution in [2.45, 2.75) is 4.90 Å². The molecule has 0 fully saturated rings. The fourth-order valence-corrected chi connectivity index (χ4v) is 2.98. The third-order valence-corrected chi connectivity index (χ3v) is 4.25. The zero-order valence-electron chi connectivity index (χ0n) is 11.6. The lowest BCUT2D eigenvalue weighted by atomic mass is 10.5. The lowest BCUT2D eigenvalue weighted by Gasteiger charge is -2.13. The van der Waals surface area contributed by atoms with Crippen LogP contribution in [-0.2, 0) is 10.0 Å². The smallest absolute Gasteiger partial charge is 0.316 e. The Labute approximate surface area is 131 Å². The molecule has 118 valence electrons. The van der Waals surface area contributed by atoms with Gasteiger partial charge in [-0.25, -0.2) is 28.8 Å². The second kappa shape index (κ2) is 7.54. The molecule has 0 saturated carbocycles. The number of carbonyl (C=O) groups excluding carboxylic acids is 1. The molecule has 0 aliphatic carbocycles. The lowest BCUT2D eigenvalue weighted by molar-refractivity contribution is 0.217. The van der Waals surface area contributed by atoms with Crippen molar-refractivity contribution in [3.05, 3.63) is 16.7 Å². The number of pyridine rings is 1. The fourth-order valence-electron chi connectivity index (χ4n) is 1.32. The molecule has 9 nitrogen and oxygen atoms in total. The van der Waals surface area contributed by atoms with Crippen molar-refractivity contribution in [2.24, 2.45) is 5.84 Å². The summed E-state index contributed by atoms with van der Waals surface area (Å²) in [5.74, 6) is 5.27. The number of hydrogen-bond acceptors (Lipinski definition) is 6. The summed E-state index contributed by atoms with van der Waals surface area (Å²) in [4.78, 5) is 16.4. The zero-order valence-corrected chi connectivity index (χ0v) is 14.0. The van der Waals surface area contributed by atoms with Crippen molar-refractivity contribution in [3.63, 3.8) is 0 Å². The van der Waals surface area contributed by atoms with Gasteiger partial charge in [-0.15, -0.1) is 0 Å². The van der Waals surface area contributed by atoms with Gasteiger partial charge >= 0.3 is 6.03 Å². The van der Waals surface area contributed by atoms with Gasteiger partial charge in [0.1, 0.15) is 4.90 Å². The van der Waals surface area contributed by atoms with Crippen molar-refractivity contribution in [3.8, 4) is 0 Å². The number of halogens is 1. The van der Waals surface area contributed by atoms with Gasteiger partial charge in [-0.1, -0.05) is 0 Å². The predicted octanol–water partition coefficient (Wildman–Crippen LogP) is -0.321. The summed E-state index contributed by atoms with van der Waals surface area (Å²) < 4.78 is 27.2. The number of hydrogen-bond donors (Lipinski definition) is 4. The molecule has 1 heterocycles. The molecule has 0 saturated heterocycles. The van der Waals surface area contributed by atoms with Crippen molar-refractivity contribution in [2.75, 3.05) is 32.6 Å². The van der Waals surface area contributed by atoms with Gasteiger partial charge < -0.3 is 15.6 Å². The number of amides is 2. The molecule has 0 atom stereocenters. The molecule has 0 unspecified atom stereocenters. The molecular weight excluding hydrogens is 364 g/mol. The summed E-state index contributed by atoms with van der Waals surface area (Å²) in [5.41, 5.74) is 2.22. The van der Waals surface area contributed by atoms with Crippen LogP contribution in [0, 0.1) is 0 Å². The second-order valence-corrected chi connectivity index (χ2v) is 6.82. The summed E-state index contributed by atoms with van der Waals surface area (Å²) in [7, 11) is -0.615. The number of nitrogens with two attached hydrogens (primary N) is 1. The maximum atomic E-state index is 12.2. The first-order chi connectivity index (χ1) is 9.77. The molecule has 0 spiro atoms. The van der Waals surface area contributed by atoms with Crippen LogP contribution >= 0.6 is 15.9 Å². The van der Waals surface area contributed by atoms with E-state index in [0.29, 0.717) is 4.47 Å². The molecular formula is C10H17BrN6O3S. The van der Waals surface area contributed by atoms with Crippen molar-refractivity contribution in [1.29, 1.82) is 0 Å². The highest BCUT2D eigenvalue weighted by molar-refractivity contribution is 9.10. The van der Waals surface area contributed by atoms with Crippen LogP contribution in [0.2, 0.25) is 0 Å². The van der Waals surface area contributed by atoms with Crippen LogP contribution in [0.3, 0.4) is 0 Å².